The highest BCUT2D eigenvalue weighted by Crippen LogP contribution is 2.27. The average molecular weight is 190 g/mol. The Morgan fingerprint density at radius 1 is 1.29 bits per heavy atom. The molecule has 1 aromatic heterocycles. The van der Waals surface area contributed by atoms with Gasteiger partial charge < -0.3 is 5.32 Å². The van der Waals surface area contributed by atoms with Crippen LogP contribution in [0.1, 0.15) is 24.4 Å². The predicted molar refractivity (Wildman–Crippen MR) is 55.7 cm³/mol. The number of rotatable bonds is 2. The lowest BCUT2D eigenvalue weighted by molar-refractivity contribution is 0.316. The molecule has 1 saturated heterocycles. The fourth-order valence-corrected chi connectivity index (χ4v) is 2.02. The van der Waals surface area contributed by atoms with Gasteiger partial charge in [-0.2, -0.15) is 0 Å². The maximum atomic E-state index is 8.15. The van der Waals surface area contributed by atoms with Crippen molar-refractivity contribution in [2.45, 2.75) is 18.9 Å². The molecule has 0 aromatic carbocycles. The molecule has 1 unspecified atom stereocenters. The Kier molecular flexibility index (Phi) is 3.11. The van der Waals surface area contributed by atoms with E-state index in [0.717, 1.165) is 31.5 Å². The summed E-state index contributed by atoms with van der Waals surface area (Å²) in [5.74, 6) is 0.513. The zero-order valence-corrected chi connectivity index (χ0v) is 8.24. The number of nitrogens with zero attached hydrogens (tertiary/aromatic N) is 1. The van der Waals surface area contributed by atoms with Gasteiger partial charge in [-0.1, -0.05) is 0 Å². The number of piperidine rings is 1. The second kappa shape index (κ2) is 4.53. The van der Waals surface area contributed by atoms with Gasteiger partial charge in [-0.15, -0.1) is 0 Å². The van der Waals surface area contributed by atoms with E-state index < -0.39 is 0 Å². The number of aromatic nitrogens is 1. The molecule has 1 atom stereocenters. The Hall–Kier alpha value is -0.930. The minimum atomic E-state index is -0.0694. The summed E-state index contributed by atoms with van der Waals surface area (Å²) in [5, 5.41) is 3.33. The average Bonchev–Trinajstić information content (AvgIpc) is 2.30. The minimum Gasteiger partial charge on any atom is -0.317 e. The van der Waals surface area contributed by atoms with Gasteiger partial charge in [0, 0.05) is 18.4 Å². The standard InChI is InChI=1S/C11H16N3/c12-11(9-1-5-13-6-2-9)10-3-7-14-8-4-10/h1-2,5-6,10-12,14H,3-4,7-8H2. The molecular weight excluding hydrogens is 174 g/mol. The lowest BCUT2D eigenvalue weighted by Gasteiger charge is -2.27. The van der Waals surface area contributed by atoms with E-state index in [-0.39, 0.29) is 6.04 Å². The first-order valence-electron chi connectivity index (χ1n) is 5.19. The number of hydrogen-bond donors (Lipinski definition) is 1. The van der Waals surface area contributed by atoms with Crippen molar-refractivity contribution >= 4 is 0 Å². The van der Waals surface area contributed by atoms with Crippen molar-refractivity contribution in [3.05, 3.63) is 30.1 Å². The minimum absolute atomic E-state index is 0.0694. The molecule has 0 amide bonds. The summed E-state index contributed by atoms with van der Waals surface area (Å²) in [6, 6.07) is 3.85. The molecule has 0 spiro atoms. The number of hydrogen-bond acceptors (Lipinski definition) is 2. The third kappa shape index (κ3) is 2.11. The van der Waals surface area contributed by atoms with Crippen molar-refractivity contribution in [2.24, 2.45) is 5.92 Å². The summed E-state index contributed by atoms with van der Waals surface area (Å²) in [4.78, 5) is 3.98. The predicted octanol–water partition coefficient (Wildman–Crippen LogP) is 1.41. The van der Waals surface area contributed by atoms with E-state index in [0.29, 0.717) is 5.92 Å². The van der Waals surface area contributed by atoms with E-state index in [9.17, 15) is 0 Å². The first-order chi connectivity index (χ1) is 6.88. The zero-order chi connectivity index (χ0) is 9.80. The van der Waals surface area contributed by atoms with Crippen LogP contribution in [0.2, 0.25) is 0 Å². The highest BCUT2D eigenvalue weighted by molar-refractivity contribution is 5.15. The van der Waals surface area contributed by atoms with E-state index in [1.807, 2.05) is 12.1 Å². The Morgan fingerprint density at radius 3 is 2.57 bits per heavy atom. The van der Waals surface area contributed by atoms with Crippen LogP contribution in [0.25, 0.3) is 0 Å². The zero-order valence-electron chi connectivity index (χ0n) is 8.24. The van der Waals surface area contributed by atoms with Crippen molar-refractivity contribution in [3.8, 4) is 0 Å². The maximum absolute atomic E-state index is 8.15. The lowest BCUT2D eigenvalue weighted by atomic mass is 9.87. The molecule has 1 aliphatic rings. The molecule has 14 heavy (non-hydrogen) atoms. The van der Waals surface area contributed by atoms with Crippen molar-refractivity contribution < 1.29 is 0 Å². The third-order valence-electron chi connectivity index (χ3n) is 2.92. The van der Waals surface area contributed by atoms with Crippen LogP contribution in [-0.2, 0) is 0 Å². The van der Waals surface area contributed by atoms with Gasteiger partial charge >= 0.3 is 0 Å². The van der Waals surface area contributed by atoms with E-state index in [1.54, 1.807) is 12.4 Å². The van der Waals surface area contributed by atoms with Crippen molar-refractivity contribution in [2.75, 3.05) is 13.1 Å². The Balaban J connectivity index is 2.03. The smallest absolute Gasteiger partial charge is 0.0492 e. The van der Waals surface area contributed by atoms with Crippen molar-refractivity contribution in [3.63, 3.8) is 0 Å². The highest BCUT2D eigenvalue weighted by Gasteiger charge is 2.21. The van der Waals surface area contributed by atoms with Gasteiger partial charge in [-0.3, -0.25) is 4.98 Å². The van der Waals surface area contributed by atoms with Gasteiger partial charge in [0.05, 0.1) is 0 Å². The van der Waals surface area contributed by atoms with Gasteiger partial charge in [-0.05, 0) is 49.5 Å². The molecule has 1 aliphatic heterocycles. The van der Waals surface area contributed by atoms with E-state index in [4.69, 9.17) is 5.73 Å². The summed E-state index contributed by atoms with van der Waals surface area (Å²) in [6.45, 7) is 2.12. The number of pyridine rings is 1. The Bertz CT molecular complexity index is 267. The molecule has 75 valence electrons. The van der Waals surface area contributed by atoms with Crippen LogP contribution in [0.4, 0.5) is 0 Å². The molecule has 0 bridgehead atoms. The van der Waals surface area contributed by atoms with E-state index in [2.05, 4.69) is 10.3 Å². The van der Waals surface area contributed by atoms with Gasteiger partial charge in [0.15, 0.2) is 0 Å². The van der Waals surface area contributed by atoms with Crippen LogP contribution in [-0.4, -0.2) is 18.1 Å². The summed E-state index contributed by atoms with van der Waals surface area (Å²) < 4.78 is 0. The summed E-state index contributed by atoms with van der Waals surface area (Å²) in [5.41, 5.74) is 9.26. The van der Waals surface area contributed by atoms with Crippen LogP contribution in [0.5, 0.6) is 0 Å². The first kappa shape index (κ1) is 9.62. The summed E-state index contributed by atoms with van der Waals surface area (Å²) in [7, 11) is 0. The molecule has 2 rings (SSSR count). The maximum Gasteiger partial charge on any atom is 0.0492 e. The molecule has 3 nitrogen and oxygen atoms in total. The second-order valence-corrected chi connectivity index (χ2v) is 3.85. The van der Waals surface area contributed by atoms with Crippen LogP contribution < -0.4 is 11.1 Å². The SMILES string of the molecule is [NH]C(c1ccncc1)C1CCNCC1. The quantitative estimate of drug-likeness (QED) is 0.766. The fourth-order valence-electron chi connectivity index (χ4n) is 2.02. The molecular formula is C11H16N3. The molecule has 2 N–H and O–H groups in total. The van der Waals surface area contributed by atoms with Crippen molar-refractivity contribution in [1.29, 1.82) is 0 Å². The molecule has 0 saturated carbocycles. The monoisotopic (exact) mass is 190 g/mol. The second-order valence-electron chi connectivity index (χ2n) is 3.85. The van der Waals surface area contributed by atoms with Crippen LogP contribution in [0, 0.1) is 5.92 Å². The van der Waals surface area contributed by atoms with Gasteiger partial charge in [0.1, 0.15) is 0 Å². The normalized spacial score (nSPS) is 20.6. The molecule has 1 radical (unpaired) electrons. The van der Waals surface area contributed by atoms with Crippen molar-refractivity contribution in [1.82, 2.24) is 16.0 Å². The van der Waals surface area contributed by atoms with Gasteiger partial charge in [0.25, 0.3) is 0 Å². The van der Waals surface area contributed by atoms with Gasteiger partial charge in [-0.25, -0.2) is 5.73 Å². The van der Waals surface area contributed by atoms with Crippen LogP contribution >= 0.6 is 0 Å². The third-order valence-corrected chi connectivity index (χ3v) is 2.92. The van der Waals surface area contributed by atoms with E-state index >= 15 is 0 Å². The summed E-state index contributed by atoms with van der Waals surface area (Å²) in [6.07, 6.45) is 5.79. The lowest BCUT2D eigenvalue weighted by Crippen LogP contribution is -2.31. The fraction of sp³-hybridized carbons (Fsp3) is 0.545. The van der Waals surface area contributed by atoms with E-state index in [1.165, 1.54) is 0 Å². The summed E-state index contributed by atoms with van der Waals surface area (Å²) >= 11 is 0. The molecule has 3 heteroatoms. The van der Waals surface area contributed by atoms with Crippen LogP contribution in [0.3, 0.4) is 0 Å². The van der Waals surface area contributed by atoms with Gasteiger partial charge in [0.2, 0.25) is 0 Å². The van der Waals surface area contributed by atoms with Crippen LogP contribution in [0.15, 0.2) is 24.5 Å². The largest absolute Gasteiger partial charge is 0.317 e. The molecule has 1 fully saturated rings. The highest BCUT2D eigenvalue weighted by atomic mass is 14.9. The molecule has 1 aromatic rings. The number of nitrogens with one attached hydrogen (secondary N) is 2. The first-order valence-corrected chi connectivity index (χ1v) is 5.19. The Labute approximate surface area is 84.7 Å². The molecule has 0 aliphatic carbocycles. The topological polar surface area (TPSA) is 48.7 Å². The molecule has 2 heterocycles. The Morgan fingerprint density at radius 2 is 1.93 bits per heavy atom.